The number of ether oxygens (including phenoxy) is 1. The molecule has 2 aromatic carbocycles. The van der Waals surface area contributed by atoms with Crippen molar-refractivity contribution in [1.82, 2.24) is 0 Å². The second-order valence-corrected chi connectivity index (χ2v) is 5.54. The van der Waals surface area contributed by atoms with Crippen LogP contribution in [0.1, 0.15) is 19.4 Å². The lowest BCUT2D eigenvalue weighted by atomic mass is 10.2. The molecule has 0 aliphatic rings. The minimum atomic E-state index is 0.181. The van der Waals surface area contributed by atoms with E-state index >= 15 is 0 Å². The number of anilines is 2. The van der Waals surface area contributed by atoms with Gasteiger partial charge in [0.15, 0.2) is 0 Å². The van der Waals surface area contributed by atoms with Crippen LogP contribution >= 0.6 is 0 Å². The predicted molar refractivity (Wildman–Crippen MR) is 90.3 cm³/mol. The fourth-order valence-electron chi connectivity index (χ4n) is 2.22. The van der Waals surface area contributed by atoms with Crippen molar-refractivity contribution in [3.8, 4) is 5.75 Å². The second kappa shape index (κ2) is 7.02. The molecule has 0 radical (unpaired) electrons. The van der Waals surface area contributed by atoms with E-state index < -0.39 is 0 Å². The number of rotatable bonds is 6. The smallest absolute Gasteiger partial charge is 0.124 e. The third-order valence-corrected chi connectivity index (χ3v) is 3.19. The predicted octanol–water partition coefficient (Wildman–Crippen LogP) is 4.15. The Hall–Kier alpha value is -2.16. The molecular formula is C18H24N2O. The zero-order valence-corrected chi connectivity index (χ0v) is 13.3. The van der Waals surface area contributed by atoms with Gasteiger partial charge in [-0.05, 0) is 32.0 Å². The van der Waals surface area contributed by atoms with E-state index in [1.807, 2.05) is 38.1 Å². The van der Waals surface area contributed by atoms with Crippen LogP contribution in [-0.4, -0.2) is 20.2 Å². The fraction of sp³-hybridized carbons (Fsp3) is 0.333. The van der Waals surface area contributed by atoms with Gasteiger partial charge >= 0.3 is 0 Å². The molecule has 112 valence electrons. The summed E-state index contributed by atoms with van der Waals surface area (Å²) in [5, 5.41) is 3.50. The van der Waals surface area contributed by atoms with Crippen molar-refractivity contribution in [2.45, 2.75) is 26.5 Å². The van der Waals surface area contributed by atoms with Crippen LogP contribution in [0.25, 0.3) is 0 Å². The fourth-order valence-corrected chi connectivity index (χ4v) is 2.22. The van der Waals surface area contributed by atoms with Crippen LogP contribution in [0.3, 0.4) is 0 Å². The highest BCUT2D eigenvalue weighted by Gasteiger charge is 2.07. The minimum Gasteiger partial charge on any atom is -0.491 e. The Morgan fingerprint density at radius 1 is 1.00 bits per heavy atom. The van der Waals surface area contributed by atoms with Gasteiger partial charge in [-0.15, -0.1) is 0 Å². The molecular weight excluding hydrogens is 260 g/mol. The van der Waals surface area contributed by atoms with E-state index in [1.165, 1.54) is 11.3 Å². The molecule has 1 N–H and O–H groups in total. The van der Waals surface area contributed by atoms with Crippen LogP contribution in [-0.2, 0) is 6.54 Å². The van der Waals surface area contributed by atoms with Crippen molar-refractivity contribution >= 4 is 11.4 Å². The molecule has 0 amide bonds. The van der Waals surface area contributed by atoms with Gasteiger partial charge in [-0.3, -0.25) is 0 Å². The summed E-state index contributed by atoms with van der Waals surface area (Å²) in [4.78, 5) is 2.11. The molecule has 0 aliphatic carbocycles. The van der Waals surface area contributed by atoms with E-state index in [0.717, 1.165) is 18.0 Å². The third-order valence-electron chi connectivity index (χ3n) is 3.19. The standard InChI is InChI=1S/C18H24N2O/c1-14(2)21-18-12-8-5-9-15(18)13-19-16-10-6-7-11-17(16)20(3)4/h5-12,14,19H,13H2,1-4H3. The molecule has 21 heavy (non-hydrogen) atoms. The summed E-state index contributed by atoms with van der Waals surface area (Å²) in [6, 6.07) is 16.5. The molecule has 3 heteroatoms. The van der Waals surface area contributed by atoms with Crippen LogP contribution in [0.2, 0.25) is 0 Å². The third kappa shape index (κ3) is 4.15. The van der Waals surface area contributed by atoms with Crippen molar-refractivity contribution in [2.75, 3.05) is 24.3 Å². The molecule has 2 aromatic rings. The minimum absolute atomic E-state index is 0.181. The molecule has 0 atom stereocenters. The molecule has 0 saturated carbocycles. The summed E-state index contributed by atoms with van der Waals surface area (Å²) < 4.78 is 5.86. The number of nitrogens with one attached hydrogen (secondary N) is 1. The molecule has 0 bridgehead atoms. The quantitative estimate of drug-likeness (QED) is 0.862. The molecule has 0 heterocycles. The van der Waals surface area contributed by atoms with E-state index in [1.54, 1.807) is 0 Å². The van der Waals surface area contributed by atoms with Crippen molar-refractivity contribution in [2.24, 2.45) is 0 Å². The van der Waals surface area contributed by atoms with E-state index in [0.29, 0.717) is 0 Å². The summed E-state index contributed by atoms with van der Waals surface area (Å²) in [7, 11) is 4.10. The molecule has 0 aliphatic heterocycles. The first-order valence-corrected chi connectivity index (χ1v) is 7.32. The Labute approximate surface area is 127 Å². The average molecular weight is 284 g/mol. The summed E-state index contributed by atoms with van der Waals surface area (Å²) in [5.41, 5.74) is 3.47. The Morgan fingerprint density at radius 2 is 1.67 bits per heavy atom. The van der Waals surface area contributed by atoms with Gasteiger partial charge in [0, 0.05) is 26.2 Å². The summed E-state index contributed by atoms with van der Waals surface area (Å²) >= 11 is 0. The van der Waals surface area contributed by atoms with Gasteiger partial charge in [0.25, 0.3) is 0 Å². The molecule has 0 saturated heterocycles. The van der Waals surface area contributed by atoms with Gasteiger partial charge in [0.1, 0.15) is 5.75 Å². The van der Waals surface area contributed by atoms with E-state index in [9.17, 15) is 0 Å². The van der Waals surface area contributed by atoms with Crippen LogP contribution in [0, 0.1) is 0 Å². The van der Waals surface area contributed by atoms with Crippen molar-refractivity contribution in [1.29, 1.82) is 0 Å². The van der Waals surface area contributed by atoms with Crippen molar-refractivity contribution in [3.63, 3.8) is 0 Å². The van der Waals surface area contributed by atoms with Crippen LogP contribution in [0.4, 0.5) is 11.4 Å². The molecule has 0 fully saturated rings. The maximum Gasteiger partial charge on any atom is 0.124 e. The Bertz CT molecular complexity index is 579. The Balaban J connectivity index is 2.14. The Morgan fingerprint density at radius 3 is 2.38 bits per heavy atom. The SMILES string of the molecule is CC(C)Oc1ccccc1CNc1ccccc1N(C)C. The van der Waals surface area contributed by atoms with Gasteiger partial charge in [-0.25, -0.2) is 0 Å². The second-order valence-electron chi connectivity index (χ2n) is 5.54. The molecule has 0 unspecified atom stereocenters. The summed E-state index contributed by atoms with van der Waals surface area (Å²) in [5.74, 6) is 0.947. The van der Waals surface area contributed by atoms with E-state index in [2.05, 4.69) is 48.6 Å². The largest absolute Gasteiger partial charge is 0.491 e. The van der Waals surface area contributed by atoms with Crippen LogP contribution < -0.4 is 15.0 Å². The first kappa shape index (κ1) is 15.2. The van der Waals surface area contributed by atoms with Gasteiger partial charge < -0.3 is 15.0 Å². The summed E-state index contributed by atoms with van der Waals surface area (Å²) in [6.07, 6.45) is 0.181. The highest BCUT2D eigenvalue weighted by atomic mass is 16.5. The maximum absolute atomic E-state index is 5.86. The highest BCUT2D eigenvalue weighted by Crippen LogP contribution is 2.26. The molecule has 0 aromatic heterocycles. The van der Waals surface area contributed by atoms with Crippen LogP contribution in [0.15, 0.2) is 48.5 Å². The lowest BCUT2D eigenvalue weighted by Crippen LogP contribution is -2.13. The van der Waals surface area contributed by atoms with Crippen molar-refractivity contribution in [3.05, 3.63) is 54.1 Å². The number of para-hydroxylation sites is 3. The first-order chi connectivity index (χ1) is 10.1. The summed E-state index contributed by atoms with van der Waals surface area (Å²) in [6.45, 7) is 4.84. The molecule has 0 spiro atoms. The number of nitrogens with zero attached hydrogens (tertiary/aromatic N) is 1. The zero-order chi connectivity index (χ0) is 15.2. The monoisotopic (exact) mass is 284 g/mol. The molecule has 2 rings (SSSR count). The van der Waals surface area contributed by atoms with Gasteiger partial charge in [-0.1, -0.05) is 30.3 Å². The molecule has 3 nitrogen and oxygen atoms in total. The zero-order valence-electron chi connectivity index (χ0n) is 13.3. The van der Waals surface area contributed by atoms with Gasteiger partial charge in [0.2, 0.25) is 0 Å². The Kier molecular flexibility index (Phi) is 5.09. The van der Waals surface area contributed by atoms with Gasteiger partial charge in [0.05, 0.1) is 17.5 Å². The van der Waals surface area contributed by atoms with Crippen LogP contribution in [0.5, 0.6) is 5.75 Å². The number of hydrogen-bond donors (Lipinski definition) is 1. The first-order valence-electron chi connectivity index (χ1n) is 7.32. The number of hydrogen-bond acceptors (Lipinski definition) is 3. The highest BCUT2D eigenvalue weighted by molar-refractivity contribution is 5.69. The lowest BCUT2D eigenvalue weighted by molar-refractivity contribution is 0.240. The lowest BCUT2D eigenvalue weighted by Gasteiger charge is -2.19. The van der Waals surface area contributed by atoms with Gasteiger partial charge in [-0.2, -0.15) is 0 Å². The average Bonchev–Trinajstić information content (AvgIpc) is 2.46. The number of benzene rings is 2. The van der Waals surface area contributed by atoms with Crippen molar-refractivity contribution < 1.29 is 4.74 Å². The van der Waals surface area contributed by atoms with E-state index in [-0.39, 0.29) is 6.10 Å². The topological polar surface area (TPSA) is 24.5 Å². The normalized spacial score (nSPS) is 10.5. The maximum atomic E-state index is 5.86. The van der Waals surface area contributed by atoms with E-state index in [4.69, 9.17) is 4.74 Å².